The van der Waals surface area contributed by atoms with Gasteiger partial charge in [0.2, 0.25) is 5.82 Å². The molecule has 0 saturated heterocycles. The van der Waals surface area contributed by atoms with Crippen LogP contribution < -0.4 is 4.90 Å². The van der Waals surface area contributed by atoms with Gasteiger partial charge in [-0.2, -0.15) is 9.78 Å². The molecular formula is C21H21N7O2. The van der Waals surface area contributed by atoms with Gasteiger partial charge in [-0.05, 0) is 51.1 Å². The summed E-state index contributed by atoms with van der Waals surface area (Å²) in [4.78, 5) is 17.9. The smallest absolute Gasteiger partial charge is 0.280 e. The van der Waals surface area contributed by atoms with Gasteiger partial charge in [0.1, 0.15) is 5.71 Å². The van der Waals surface area contributed by atoms with Crippen LogP contribution in [0.3, 0.4) is 0 Å². The first kappa shape index (κ1) is 19.4. The second kappa shape index (κ2) is 7.86. The van der Waals surface area contributed by atoms with Crippen LogP contribution in [0.25, 0.3) is 11.4 Å². The van der Waals surface area contributed by atoms with Crippen molar-refractivity contribution in [2.45, 2.75) is 20.8 Å². The first-order valence-electron chi connectivity index (χ1n) is 9.72. The van der Waals surface area contributed by atoms with Crippen molar-refractivity contribution in [3.05, 3.63) is 64.5 Å². The van der Waals surface area contributed by atoms with Crippen LogP contribution >= 0.6 is 0 Å². The molecule has 30 heavy (non-hydrogen) atoms. The Morgan fingerprint density at radius 1 is 1.03 bits per heavy atom. The standard InChI is InChI=1S/C21H21N7O2/c1-4-26(5-2)16-12-10-15(11-13-16)22-19-14(3)25-27-20(23-24-21(19)27)17-8-6-7-9-18(17)28(29)30/h6-13H,4-5H2,1-3H3. The van der Waals surface area contributed by atoms with Crippen LogP contribution in [-0.2, 0) is 0 Å². The maximum Gasteiger partial charge on any atom is 0.280 e. The third kappa shape index (κ3) is 3.34. The Morgan fingerprint density at radius 3 is 2.37 bits per heavy atom. The predicted molar refractivity (Wildman–Crippen MR) is 117 cm³/mol. The number of nitro benzene ring substituents is 1. The molecule has 1 aliphatic heterocycles. The first-order chi connectivity index (χ1) is 14.5. The normalized spacial score (nSPS) is 14.0. The molecule has 0 N–H and O–H groups in total. The molecule has 0 aliphatic carbocycles. The third-order valence-electron chi connectivity index (χ3n) is 5.01. The fraction of sp³-hybridized carbons (Fsp3) is 0.238. The molecule has 0 bridgehead atoms. The van der Waals surface area contributed by atoms with Crippen molar-refractivity contribution < 1.29 is 4.92 Å². The lowest BCUT2D eigenvalue weighted by atomic mass is 10.1. The maximum absolute atomic E-state index is 11.4. The number of rotatable bonds is 6. The minimum atomic E-state index is -0.436. The number of anilines is 1. The highest BCUT2D eigenvalue weighted by Crippen LogP contribution is 2.30. The number of aromatic nitrogens is 3. The second-order valence-electron chi connectivity index (χ2n) is 6.77. The van der Waals surface area contributed by atoms with Gasteiger partial charge in [-0.15, -0.1) is 10.2 Å². The van der Waals surface area contributed by atoms with E-state index in [0.717, 1.165) is 24.5 Å². The molecule has 9 nitrogen and oxygen atoms in total. The molecular weight excluding hydrogens is 382 g/mol. The quantitative estimate of drug-likeness (QED) is 0.456. The van der Waals surface area contributed by atoms with Crippen molar-refractivity contribution in [2.75, 3.05) is 18.0 Å². The van der Waals surface area contributed by atoms with Gasteiger partial charge in [-0.25, -0.2) is 4.99 Å². The van der Waals surface area contributed by atoms with Crippen molar-refractivity contribution >= 4 is 28.5 Å². The number of benzene rings is 2. The molecule has 0 atom stereocenters. The Balaban J connectivity index is 1.71. The van der Waals surface area contributed by atoms with E-state index < -0.39 is 4.92 Å². The summed E-state index contributed by atoms with van der Waals surface area (Å²) in [6.07, 6.45) is 0. The number of nitrogens with zero attached hydrogens (tertiary/aromatic N) is 7. The van der Waals surface area contributed by atoms with Gasteiger partial charge < -0.3 is 4.90 Å². The van der Waals surface area contributed by atoms with E-state index in [9.17, 15) is 10.1 Å². The van der Waals surface area contributed by atoms with Crippen LogP contribution in [0, 0.1) is 10.1 Å². The first-order valence-corrected chi connectivity index (χ1v) is 9.72. The number of para-hydroxylation sites is 1. The fourth-order valence-corrected chi connectivity index (χ4v) is 3.46. The largest absolute Gasteiger partial charge is 0.372 e. The summed E-state index contributed by atoms with van der Waals surface area (Å²) in [5, 5.41) is 24.2. The topological polar surface area (TPSA) is 102 Å². The second-order valence-corrected chi connectivity index (χ2v) is 6.77. The van der Waals surface area contributed by atoms with Crippen LogP contribution in [0.2, 0.25) is 0 Å². The average molecular weight is 403 g/mol. The highest BCUT2D eigenvalue weighted by atomic mass is 16.6. The Labute approximate surface area is 173 Å². The van der Waals surface area contributed by atoms with Gasteiger partial charge in [0, 0.05) is 24.8 Å². The van der Waals surface area contributed by atoms with Crippen molar-refractivity contribution in [2.24, 2.45) is 10.1 Å². The molecule has 0 saturated carbocycles. The zero-order valence-corrected chi connectivity index (χ0v) is 17.0. The van der Waals surface area contributed by atoms with E-state index >= 15 is 0 Å². The van der Waals surface area contributed by atoms with Crippen LogP contribution in [-0.4, -0.2) is 44.3 Å². The molecule has 0 fully saturated rings. The third-order valence-corrected chi connectivity index (χ3v) is 5.01. The molecule has 1 aliphatic rings. The van der Waals surface area contributed by atoms with Crippen molar-refractivity contribution in [3.8, 4) is 11.4 Å². The average Bonchev–Trinajstić information content (AvgIpc) is 3.29. The zero-order valence-electron chi connectivity index (χ0n) is 17.0. The molecule has 1 aromatic heterocycles. The van der Waals surface area contributed by atoms with E-state index in [2.05, 4.69) is 34.0 Å². The van der Waals surface area contributed by atoms with Gasteiger partial charge in [-0.3, -0.25) is 10.1 Å². The van der Waals surface area contributed by atoms with Crippen LogP contribution in [0.4, 0.5) is 17.1 Å². The molecule has 0 amide bonds. The lowest BCUT2D eigenvalue weighted by Crippen LogP contribution is -2.21. The summed E-state index contributed by atoms with van der Waals surface area (Å²) in [7, 11) is 0. The molecule has 3 aromatic rings. The van der Waals surface area contributed by atoms with Crippen molar-refractivity contribution in [3.63, 3.8) is 0 Å². The Kier molecular flexibility index (Phi) is 5.09. The summed E-state index contributed by atoms with van der Waals surface area (Å²) >= 11 is 0. The van der Waals surface area contributed by atoms with Gasteiger partial charge in [0.25, 0.3) is 5.69 Å². The van der Waals surface area contributed by atoms with Crippen LogP contribution in [0.15, 0.2) is 58.6 Å². The Hall–Kier alpha value is -3.88. The summed E-state index contributed by atoms with van der Waals surface area (Å²) in [6, 6.07) is 14.4. The number of hydrogen-bond acceptors (Lipinski definition) is 7. The molecule has 4 rings (SSSR count). The SMILES string of the molecule is CCN(CC)c1ccc(N=C2C(C)=Nn3c2nnc3-c2ccccc2[N+](=O)[O-])cc1. The van der Waals surface area contributed by atoms with Gasteiger partial charge >= 0.3 is 0 Å². The van der Waals surface area contributed by atoms with E-state index in [-0.39, 0.29) is 5.69 Å². The highest BCUT2D eigenvalue weighted by molar-refractivity contribution is 6.48. The fourth-order valence-electron chi connectivity index (χ4n) is 3.46. The molecule has 9 heteroatoms. The summed E-state index contributed by atoms with van der Waals surface area (Å²) in [5.41, 5.74) is 3.51. The van der Waals surface area contributed by atoms with Crippen molar-refractivity contribution in [1.29, 1.82) is 0 Å². The Bertz CT molecular complexity index is 1160. The molecule has 2 aromatic carbocycles. The predicted octanol–water partition coefficient (Wildman–Crippen LogP) is 4.06. The van der Waals surface area contributed by atoms with Crippen molar-refractivity contribution in [1.82, 2.24) is 14.9 Å². The summed E-state index contributed by atoms with van der Waals surface area (Å²) < 4.78 is 1.51. The van der Waals surface area contributed by atoms with E-state index in [1.54, 1.807) is 18.2 Å². The molecule has 2 heterocycles. The number of hydrogen-bond donors (Lipinski definition) is 0. The van der Waals surface area contributed by atoms with Gasteiger partial charge in [0.05, 0.1) is 21.9 Å². The van der Waals surface area contributed by atoms with Crippen LogP contribution in [0.5, 0.6) is 0 Å². The maximum atomic E-state index is 11.4. The lowest BCUT2D eigenvalue weighted by molar-refractivity contribution is -0.384. The van der Waals surface area contributed by atoms with E-state index in [0.29, 0.717) is 28.6 Å². The number of fused-ring (bicyclic) bond motifs is 1. The van der Waals surface area contributed by atoms with E-state index in [1.165, 1.54) is 10.7 Å². The van der Waals surface area contributed by atoms with E-state index in [1.807, 2.05) is 31.2 Å². The highest BCUT2D eigenvalue weighted by Gasteiger charge is 2.29. The van der Waals surface area contributed by atoms with Crippen LogP contribution in [0.1, 0.15) is 26.6 Å². The minimum absolute atomic E-state index is 0.0436. The zero-order chi connectivity index (χ0) is 21.3. The summed E-state index contributed by atoms with van der Waals surface area (Å²) in [5.74, 6) is 0.784. The number of aliphatic imine (C=N–C) groups is 1. The molecule has 0 radical (unpaired) electrons. The lowest BCUT2D eigenvalue weighted by Gasteiger charge is -2.20. The van der Waals surface area contributed by atoms with Gasteiger partial charge in [-0.1, -0.05) is 12.1 Å². The van der Waals surface area contributed by atoms with E-state index in [4.69, 9.17) is 4.99 Å². The Morgan fingerprint density at radius 2 is 1.70 bits per heavy atom. The van der Waals surface area contributed by atoms with Gasteiger partial charge in [0.15, 0.2) is 5.82 Å². The molecule has 0 spiro atoms. The summed E-state index contributed by atoms with van der Waals surface area (Å²) in [6.45, 7) is 7.96. The molecule has 0 unspecified atom stereocenters. The number of nitro groups is 1. The molecule has 152 valence electrons. The monoisotopic (exact) mass is 403 g/mol. The minimum Gasteiger partial charge on any atom is -0.372 e.